The monoisotopic (exact) mass is 1250 g/mol. The second-order valence-corrected chi connectivity index (χ2v) is 22.8. The Morgan fingerprint density at radius 1 is 0.621 bits per heavy atom. The minimum absolute atomic E-state index is 0.0131. The number of hydrogen-bond acceptors (Lipinski definition) is 18. The van der Waals surface area contributed by atoms with Crippen LogP contribution in [0, 0.1) is 5.92 Å². The number of nitrogens with one attached hydrogen (secondary N) is 8. The van der Waals surface area contributed by atoms with Crippen molar-refractivity contribution in [3.05, 3.63) is 83.9 Å². The highest BCUT2D eigenvalue weighted by atomic mass is 33.1. The zero-order valence-corrected chi connectivity index (χ0v) is 49.8. The van der Waals surface area contributed by atoms with Crippen molar-refractivity contribution >= 4 is 98.8 Å². The summed E-state index contributed by atoms with van der Waals surface area (Å²) in [5.74, 6) is -13.0. The van der Waals surface area contributed by atoms with Gasteiger partial charge in [0.25, 0.3) is 0 Å². The van der Waals surface area contributed by atoms with E-state index >= 15 is 0 Å². The van der Waals surface area contributed by atoms with Gasteiger partial charge in [-0.1, -0.05) is 103 Å². The van der Waals surface area contributed by atoms with Crippen LogP contribution in [-0.2, 0) is 57.5 Å². The van der Waals surface area contributed by atoms with Gasteiger partial charge < -0.3 is 84.5 Å². The summed E-state index contributed by atoms with van der Waals surface area (Å²) >= 11 is 0. The van der Waals surface area contributed by atoms with Gasteiger partial charge in [-0.15, -0.1) is 0 Å². The van der Waals surface area contributed by atoms with Gasteiger partial charge in [0.2, 0.25) is 47.3 Å². The van der Waals surface area contributed by atoms with Crippen molar-refractivity contribution in [2.75, 3.05) is 32.1 Å². The Morgan fingerprint density at radius 2 is 1.15 bits per heavy atom. The molecule has 7 atom stereocenters. The standard InChI is InChI=1S/C56H74N12O17S2/c1-5-86-87-43-19-11-10-18-42(43)85-54(82)30(4)62-45(71)26-61-48(76)41(27-69)67-51(79)38(23-29(2)3)64-53(81)40(25-47(74)75)66-50(78)37(20-21-46(72)73)63-52(80)39(24-44(57)70)65-49(77)36(17-12-22-60-55(58)59)68-56(83)84-28-35-33-15-8-6-13-31(33)32-14-7-9-16-34(32)35/h6-11,13-16,18-19,29-30,35-41,69H,5,12,17,20-28H2,1-4H3,(H2,57,70)(H,61,76)(H,62,71)(H,63,80)(H,64,81)(H,65,77)(H,66,78)(H,67,79)(H,68,83)(H,72,73)(H,74,75)(H4,58,59,60)/t30-,36-,37-,38-,39-,40-,41-/m0/s1. The molecule has 87 heavy (non-hydrogen) atoms. The van der Waals surface area contributed by atoms with Gasteiger partial charge in [0.1, 0.15) is 54.6 Å². The minimum Gasteiger partial charge on any atom is -0.481 e. The van der Waals surface area contributed by atoms with Crippen LogP contribution < -0.4 is 64.5 Å². The minimum atomic E-state index is -2.05. The fourth-order valence-corrected chi connectivity index (χ4v) is 10.4. The molecule has 31 heteroatoms. The lowest BCUT2D eigenvalue weighted by atomic mass is 9.98. The number of alkyl carbamates (subject to hydrolysis) is 1. The third-order valence-electron chi connectivity index (χ3n) is 12.9. The largest absolute Gasteiger partial charge is 0.481 e. The topological polar surface area (TPSA) is 471 Å². The Bertz CT molecular complexity index is 2960. The normalized spacial score (nSPS) is 13.8. The van der Waals surface area contributed by atoms with Crippen LogP contribution >= 0.6 is 21.6 Å². The molecule has 0 bridgehead atoms. The number of carbonyl (C=O) groups is 12. The number of rotatable bonds is 36. The number of carbonyl (C=O) groups excluding carboxylic acids is 10. The SMILES string of the molecule is CCSSc1ccccc1OC(=O)[C@H](C)NC(=O)CNC(=O)[C@H](CO)NC(=O)[C@H](CC(C)C)NC(=O)[C@H](CC(=O)O)NC(=O)[C@H](CCC(=O)O)NC(=O)[C@H](CC(N)=O)NC(=O)[C@H](CCCN=C(N)N)NC(=O)OCC1c2ccccc2-c2ccccc21. The number of aliphatic hydroxyl groups is 1. The third kappa shape index (κ3) is 23.4. The molecule has 3 aromatic rings. The predicted molar refractivity (Wildman–Crippen MR) is 318 cm³/mol. The number of hydrogen-bond donors (Lipinski definition) is 14. The van der Waals surface area contributed by atoms with Crippen LogP contribution in [0.4, 0.5) is 4.79 Å². The fourth-order valence-electron chi connectivity index (χ4n) is 8.71. The number of aliphatic hydroxyl groups excluding tert-OH is 1. The van der Waals surface area contributed by atoms with Gasteiger partial charge in [0.15, 0.2) is 5.96 Å². The maximum absolute atomic E-state index is 14.0. The Labute approximate surface area is 508 Å². The second-order valence-electron chi connectivity index (χ2n) is 20.2. The van der Waals surface area contributed by atoms with E-state index in [0.29, 0.717) is 4.90 Å². The summed E-state index contributed by atoms with van der Waals surface area (Å²) in [4.78, 5) is 163. The van der Waals surface area contributed by atoms with Gasteiger partial charge in [0, 0.05) is 24.6 Å². The average Bonchev–Trinajstić information content (AvgIpc) is 1.74. The van der Waals surface area contributed by atoms with E-state index in [9.17, 15) is 72.9 Å². The molecular weight excluding hydrogens is 1180 g/mol. The van der Waals surface area contributed by atoms with Crippen molar-refractivity contribution in [3.8, 4) is 16.9 Å². The van der Waals surface area contributed by atoms with E-state index in [1.807, 2.05) is 55.5 Å². The van der Waals surface area contributed by atoms with E-state index in [4.69, 9.17) is 26.7 Å². The van der Waals surface area contributed by atoms with Gasteiger partial charge in [0.05, 0.1) is 30.9 Å². The fraction of sp³-hybridized carbons (Fsp3) is 0.446. The summed E-state index contributed by atoms with van der Waals surface area (Å²) in [7, 11) is 2.92. The van der Waals surface area contributed by atoms with Crippen LogP contribution in [0.1, 0.15) is 89.7 Å². The number of primary amides is 1. The van der Waals surface area contributed by atoms with Crippen molar-refractivity contribution in [3.63, 3.8) is 0 Å². The molecule has 1 aliphatic carbocycles. The molecule has 0 fully saturated rings. The van der Waals surface area contributed by atoms with Crippen molar-refractivity contribution in [2.24, 2.45) is 28.1 Å². The quantitative estimate of drug-likeness (QED) is 0.00880. The third-order valence-corrected chi connectivity index (χ3v) is 15.3. The summed E-state index contributed by atoms with van der Waals surface area (Å²) in [5.41, 5.74) is 20.1. The molecule has 1 aliphatic rings. The summed E-state index contributed by atoms with van der Waals surface area (Å²) in [6, 6.07) is 10.0. The smallest absolute Gasteiger partial charge is 0.407 e. The lowest BCUT2D eigenvalue weighted by Gasteiger charge is -2.27. The summed E-state index contributed by atoms with van der Waals surface area (Å²) in [6.45, 7) is 4.66. The number of para-hydroxylation sites is 1. The van der Waals surface area contributed by atoms with E-state index < -0.39 is 152 Å². The first-order valence-electron chi connectivity index (χ1n) is 27.5. The zero-order chi connectivity index (χ0) is 64.3. The van der Waals surface area contributed by atoms with Gasteiger partial charge in [-0.05, 0) is 72.9 Å². The lowest BCUT2D eigenvalue weighted by molar-refractivity contribution is -0.142. The molecule has 0 unspecified atom stereocenters. The molecular formula is C56H74N12O17S2. The molecule has 472 valence electrons. The summed E-state index contributed by atoms with van der Waals surface area (Å²) in [6.07, 6.45) is -4.90. The number of esters is 1. The van der Waals surface area contributed by atoms with Crippen LogP contribution in [0.25, 0.3) is 11.1 Å². The molecule has 0 saturated carbocycles. The van der Waals surface area contributed by atoms with E-state index in [-0.39, 0.29) is 56.0 Å². The number of aliphatic carboxylic acids is 2. The second kappa shape index (κ2) is 35.5. The molecule has 17 N–H and O–H groups in total. The van der Waals surface area contributed by atoms with E-state index in [1.54, 1.807) is 38.1 Å². The highest BCUT2D eigenvalue weighted by Crippen LogP contribution is 2.44. The maximum Gasteiger partial charge on any atom is 0.407 e. The number of fused-ring (bicyclic) bond motifs is 3. The first kappa shape index (κ1) is 70.5. The molecule has 0 radical (unpaired) electrons. The van der Waals surface area contributed by atoms with Crippen LogP contribution in [-0.4, -0.2) is 167 Å². The number of benzene rings is 3. The lowest BCUT2D eigenvalue weighted by Crippen LogP contribution is -2.60. The number of nitrogens with two attached hydrogens (primary N) is 3. The molecule has 0 spiro atoms. The predicted octanol–water partition coefficient (Wildman–Crippen LogP) is -0.389. The molecule has 0 saturated heterocycles. The van der Waals surface area contributed by atoms with Crippen LogP contribution in [0.3, 0.4) is 0 Å². The van der Waals surface area contributed by atoms with Gasteiger partial charge in [-0.3, -0.25) is 52.9 Å². The van der Waals surface area contributed by atoms with Crippen LogP contribution in [0.15, 0.2) is 82.7 Å². The Morgan fingerprint density at radius 3 is 1.71 bits per heavy atom. The summed E-state index contributed by atoms with van der Waals surface area (Å²) < 4.78 is 11.1. The highest BCUT2D eigenvalue weighted by molar-refractivity contribution is 8.76. The van der Waals surface area contributed by atoms with Crippen molar-refractivity contribution in [2.45, 2.75) is 126 Å². The Hall–Kier alpha value is -8.97. The maximum atomic E-state index is 14.0. The number of aliphatic imine (C=N–C) groups is 1. The molecule has 4 rings (SSSR count). The number of guanidine groups is 1. The number of amides is 9. The van der Waals surface area contributed by atoms with Crippen molar-refractivity contribution in [1.29, 1.82) is 0 Å². The Balaban J connectivity index is 1.44. The number of carboxylic acids is 2. The van der Waals surface area contributed by atoms with E-state index in [0.717, 1.165) is 28.0 Å². The van der Waals surface area contributed by atoms with Gasteiger partial charge >= 0.3 is 24.0 Å². The zero-order valence-electron chi connectivity index (χ0n) is 48.2. The molecule has 0 heterocycles. The van der Waals surface area contributed by atoms with Crippen molar-refractivity contribution in [1.82, 2.24) is 42.5 Å². The van der Waals surface area contributed by atoms with Crippen LogP contribution in [0.5, 0.6) is 5.75 Å². The molecule has 29 nitrogen and oxygen atoms in total. The molecule has 9 amide bonds. The molecule has 0 aromatic heterocycles. The first-order chi connectivity index (χ1) is 41.3. The molecule has 3 aromatic carbocycles. The Kier molecular flexibility index (Phi) is 28.8. The van der Waals surface area contributed by atoms with Crippen LogP contribution in [0.2, 0.25) is 0 Å². The summed E-state index contributed by atoms with van der Waals surface area (Å²) in [5, 5.41) is 47.8. The average molecular weight is 1250 g/mol. The number of ether oxygens (including phenoxy) is 2. The first-order valence-corrected chi connectivity index (χ1v) is 29.8. The highest BCUT2D eigenvalue weighted by Gasteiger charge is 2.36. The van der Waals surface area contributed by atoms with Gasteiger partial charge in [-0.2, -0.15) is 0 Å². The van der Waals surface area contributed by atoms with Crippen molar-refractivity contribution < 1.29 is 82.3 Å². The van der Waals surface area contributed by atoms with Gasteiger partial charge in [-0.25, -0.2) is 9.59 Å². The number of carboxylic acid groups (broad SMARTS) is 2. The van der Waals surface area contributed by atoms with E-state index in [2.05, 4.69) is 47.5 Å². The number of nitrogens with zero attached hydrogens (tertiary/aromatic N) is 1. The molecule has 0 aliphatic heterocycles. The van der Waals surface area contributed by atoms with E-state index in [1.165, 1.54) is 28.5 Å².